The van der Waals surface area contributed by atoms with Gasteiger partial charge in [-0.25, -0.2) is 4.79 Å². The largest absolute Gasteiger partial charge is 0.452 e. The number of esters is 1. The van der Waals surface area contributed by atoms with Gasteiger partial charge < -0.3 is 10.1 Å². The van der Waals surface area contributed by atoms with E-state index in [9.17, 15) is 19.2 Å². The maximum absolute atomic E-state index is 12.7. The van der Waals surface area contributed by atoms with Gasteiger partial charge in [-0.1, -0.05) is 30.3 Å². The summed E-state index contributed by atoms with van der Waals surface area (Å²) >= 11 is 0. The number of carbonyl (C=O) groups is 4. The molecule has 3 rings (SSSR count). The van der Waals surface area contributed by atoms with Gasteiger partial charge in [-0.2, -0.15) is 0 Å². The summed E-state index contributed by atoms with van der Waals surface area (Å²) in [5.41, 5.74) is 1.57. The predicted octanol–water partition coefficient (Wildman–Crippen LogP) is 2.21. The fraction of sp³-hybridized carbons (Fsp3) is 0.273. The molecule has 150 valence electrons. The Kier molecular flexibility index (Phi) is 6.07. The zero-order valence-corrected chi connectivity index (χ0v) is 16.3. The topological polar surface area (TPSA) is 92.8 Å². The van der Waals surface area contributed by atoms with Crippen LogP contribution < -0.4 is 5.32 Å². The lowest BCUT2D eigenvalue weighted by Gasteiger charge is -2.13. The van der Waals surface area contributed by atoms with Gasteiger partial charge in [-0.3, -0.25) is 19.3 Å². The highest BCUT2D eigenvalue weighted by atomic mass is 16.5. The van der Waals surface area contributed by atoms with E-state index >= 15 is 0 Å². The molecule has 1 heterocycles. The summed E-state index contributed by atoms with van der Waals surface area (Å²) in [6, 6.07) is 13.7. The molecule has 0 aliphatic carbocycles. The van der Waals surface area contributed by atoms with Crippen molar-refractivity contribution >= 4 is 23.7 Å². The molecule has 0 aromatic heterocycles. The maximum atomic E-state index is 12.7. The van der Waals surface area contributed by atoms with Crippen LogP contribution in [-0.2, 0) is 16.0 Å². The third-order valence-corrected chi connectivity index (χ3v) is 4.46. The Hall–Kier alpha value is -3.48. The Morgan fingerprint density at radius 1 is 1.00 bits per heavy atom. The van der Waals surface area contributed by atoms with E-state index in [1.165, 1.54) is 23.1 Å². The lowest BCUT2D eigenvalue weighted by Crippen LogP contribution is -2.34. The van der Waals surface area contributed by atoms with Crippen LogP contribution in [0.15, 0.2) is 48.5 Å². The summed E-state index contributed by atoms with van der Waals surface area (Å²) in [7, 11) is 0. The lowest BCUT2D eigenvalue weighted by molar-refractivity contribution is -0.124. The van der Waals surface area contributed by atoms with Crippen molar-refractivity contribution in [2.24, 2.45) is 0 Å². The Labute approximate surface area is 168 Å². The molecule has 1 aliphatic rings. The summed E-state index contributed by atoms with van der Waals surface area (Å²) < 4.78 is 4.98. The van der Waals surface area contributed by atoms with Crippen molar-refractivity contribution in [3.05, 3.63) is 70.8 Å². The van der Waals surface area contributed by atoms with Gasteiger partial charge in [0, 0.05) is 12.6 Å². The van der Waals surface area contributed by atoms with Crippen LogP contribution in [0.2, 0.25) is 0 Å². The number of imide groups is 1. The summed E-state index contributed by atoms with van der Waals surface area (Å²) in [5, 5.41) is 2.62. The molecule has 7 nitrogen and oxygen atoms in total. The van der Waals surface area contributed by atoms with Crippen molar-refractivity contribution in [3.63, 3.8) is 0 Å². The van der Waals surface area contributed by atoms with Crippen LogP contribution in [0.1, 0.15) is 50.5 Å². The highest BCUT2D eigenvalue weighted by Crippen LogP contribution is 2.24. The van der Waals surface area contributed by atoms with Crippen LogP contribution in [0, 0.1) is 0 Å². The Morgan fingerprint density at radius 3 is 2.38 bits per heavy atom. The molecular formula is C22H22N2O5. The van der Waals surface area contributed by atoms with Crippen LogP contribution in [0.3, 0.4) is 0 Å². The van der Waals surface area contributed by atoms with E-state index in [1.807, 2.05) is 30.3 Å². The number of hydrogen-bond acceptors (Lipinski definition) is 5. The molecular weight excluding hydrogens is 372 g/mol. The Morgan fingerprint density at radius 2 is 1.69 bits per heavy atom. The number of fused-ring (bicyclic) bond motifs is 1. The van der Waals surface area contributed by atoms with Gasteiger partial charge in [0.05, 0.1) is 16.7 Å². The molecule has 0 bridgehead atoms. The van der Waals surface area contributed by atoms with Crippen molar-refractivity contribution in [3.8, 4) is 0 Å². The number of ether oxygens (including phenoxy) is 1. The van der Waals surface area contributed by atoms with E-state index in [0.717, 1.165) is 5.56 Å². The Bertz CT molecular complexity index is 953. The number of carbonyl (C=O) groups excluding carboxylic acids is 4. The maximum Gasteiger partial charge on any atom is 0.338 e. The van der Waals surface area contributed by atoms with Crippen LogP contribution in [0.5, 0.6) is 0 Å². The van der Waals surface area contributed by atoms with Gasteiger partial charge in [0.2, 0.25) is 0 Å². The van der Waals surface area contributed by atoms with Crippen molar-refractivity contribution < 1.29 is 23.9 Å². The zero-order chi connectivity index (χ0) is 21.0. The molecule has 0 fully saturated rings. The van der Waals surface area contributed by atoms with E-state index in [-0.39, 0.29) is 35.2 Å². The second-order valence-electron chi connectivity index (χ2n) is 7.06. The van der Waals surface area contributed by atoms with Gasteiger partial charge in [0.25, 0.3) is 17.7 Å². The predicted molar refractivity (Wildman–Crippen MR) is 106 cm³/mol. The zero-order valence-electron chi connectivity index (χ0n) is 16.3. The van der Waals surface area contributed by atoms with Crippen LogP contribution in [0.4, 0.5) is 0 Å². The van der Waals surface area contributed by atoms with Crippen LogP contribution in [-0.4, -0.2) is 47.8 Å². The number of nitrogens with zero attached hydrogens (tertiary/aromatic N) is 1. The summed E-state index contributed by atoms with van der Waals surface area (Å²) in [5.74, 6) is -1.95. The Balaban J connectivity index is 1.67. The van der Waals surface area contributed by atoms with Gasteiger partial charge in [-0.15, -0.1) is 0 Å². The van der Waals surface area contributed by atoms with Crippen molar-refractivity contribution in [1.82, 2.24) is 10.2 Å². The molecule has 0 radical (unpaired) electrons. The first-order valence-electron chi connectivity index (χ1n) is 9.37. The summed E-state index contributed by atoms with van der Waals surface area (Å²) in [4.78, 5) is 50.2. The van der Waals surface area contributed by atoms with Crippen molar-refractivity contribution in [2.75, 3.05) is 13.2 Å². The highest BCUT2D eigenvalue weighted by Gasteiger charge is 2.35. The minimum Gasteiger partial charge on any atom is -0.452 e. The molecule has 1 N–H and O–H groups in total. The summed E-state index contributed by atoms with van der Waals surface area (Å²) in [6.07, 6.45) is 0.548. The molecule has 0 saturated heterocycles. The van der Waals surface area contributed by atoms with Crippen LogP contribution in [0.25, 0.3) is 0 Å². The van der Waals surface area contributed by atoms with Gasteiger partial charge in [0.15, 0.2) is 6.61 Å². The lowest BCUT2D eigenvalue weighted by atomic mass is 10.1. The number of nitrogens with one attached hydrogen (secondary N) is 1. The molecule has 0 saturated carbocycles. The normalized spacial score (nSPS) is 12.9. The first kappa shape index (κ1) is 20.3. The molecule has 3 amide bonds. The van der Waals surface area contributed by atoms with Gasteiger partial charge in [-0.05, 0) is 44.0 Å². The van der Waals surface area contributed by atoms with E-state index in [1.54, 1.807) is 13.8 Å². The minimum absolute atomic E-state index is 0.0632. The third kappa shape index (κ3) is 4.68. The van der Waals surface area contributed by atoms with E-state index in [2.05, 4.69) is 5.32 Å². The number of hydrogen-bond donors (Lipinski definition) is 1. The molecule has 0 atom stereocenters. The average molecular weight is 394 g/mol. The first-order valence-corrected chi connectivity index (χ1v) is 9.37. The smallest absolute Gasteiger partial charge is 0.338 e. The number of amides is 3. The first-order chi connectivity index (χ1) is 13.9. The monoisotopic (exact) mass is 394 g/mol. The third-order valence-electron chi connectivity index (χ3n) is 4.46. The van der Waals surface area contributed by atoms with E-state index in [4.69, 9.17) is 4.74 Å². The van der Waals surface area contributed by atoms with Crippen molar-refractivity contribution in [1.29, 1.82) is 0 Å². The van der Waals surface area contributed by atoms with Gasteiger partial charge >= 0.3 is 5.97 Å². The standard InChI is InChI=1S/C22H22N2O5/c1-14(2)23-19(25)13-29-22(28)16-8-9-17-18(12-16)21(27)24(20(17)26)11-10-15-6-4-3-5-7-15/h3-9,12,14H,10-11,13H2,1-2H3,(H,23,25). The molecule has 2 aromatic carbocycles. The molecule has 29 heavy (non-hydrogen) atoms. The number of rotatable bonds is 7. The van der Waals surface area contributed by atoms with Crippen LogP contribution >= 0.6 is 0 Å². The fourth-order valence-corrected chi connectivity index (χ4v) is 3.08. The molecule has 1 aliphatic heterocycles. The SMILES string of the molecule is CC(C)NC(=O)COC(=O)c1ccc2c(c1)C(=O)N(CCc1ccccc1)C2=O. The second kappa shape index (κ2) is 8.68. The number of benzene rings is 2. The molecule has 7 heteroatoms. The molecule has 2 aromatic rings. The molecule has 0 spiro atoms. The fourth-order valence-electron chi connectivity index (χ4n) is 3.08. The second-order valence-corrected chi connectivity index (χ2v) is 7.06. The van der Waals surface area contributed by atoms with Crippen molar-refractivity contribution in [2.45, 2.75) is 26.3 Å². The molecule has 0 unspecified atom stereocenters. The quantitative estimate of drug-likeness (QED) is 0.574. The van der Waals surface area contributed by atoms with E-state index in [0.29, 0.717) is 6.42 Å². The minimum atomic E-state index is -0.727. The summed E-state index contributed by atoms with van der Waals surface area (Å²) in [6.45, 7) is 3.44. The van der Waals surface area contributed by atoms with E-state index < -0.39 is 24.4 Å². The van der Waals surface area contributed by atoms with Gasteiger partial charge in [0.1, 0.15) is 0 Å². The average Bonchev–Trinajstić information content (AvgIpc) is 2.94. The highest BCUT2D eigenvalue weighted by molar-refractivity contribution is 6.22.